The van der Waals surface area contributed by atoms with Crippen LogP contribution < -0.4 is 5.73 Å². The Bertz CT molecular complexity index is 260. The van der Waals surface area contributed by atoms with Gasteiger partial charge >= 0.3 is 0 Å². The van der Waals surface area contributed by atoms with Crippen LogP contribution in [0.5, 0.6) is 0 Å². The second-order valence-corrected chi connectivity index (χ2v) is 4.74. The maximum atomic E-state index is 9.87. The first-order valence-electron chi connectivity index (χ1n) is 4.32. The van der Waals surface area contributed by atoms with E-state index in [1.54, 1.807) is 6.07 Å². The Labute approximate surface area is 87.3 Å². The number of hydrogen-bond acceptors (Lipinski definition) is 3. The van der Waals surface area contributed by atoms with Gasteiger partial charge in [0.05, 0.1) is 10.4 Å². The zero-order valence-corrected chi connectivity index (χ0v) is 9.11. The van der Waals surface area contributed by atoms with E-state index in [2.05, 4.69) is 0 Å². The quantitative estimate of drug-likeness (QED) is 0.817. The molecule has 0 aliphatic carbocycles. The smallest absolute Gasteiger partial charge is 0.0932 e. The summed E-state index contributed by atoms with van der Waals surface area (Å²) in [5.74, 6) is 0.134. The molecule has 0 aliphatic rings. The standard InChI is InChI=1S/C9H14ClNOS/c1-2-6(5-11)9(12)7-3-4-8(10)13-7/h3-4,6,9,12H,2,5,11H2,1H3. The highest BCUT2D eigenvalue weighted by atomic mass is 35.5. The summed E-state index contributed by atoms with van der Waals surface area (Å²) in [7, 11) is 0. The summed E-state index contributed by atoms with van der Waals surface area (Å²) < 4.78 is 0.709. The predicted octanol–water partition coefficient (Wildman–Crippen LogP) is 2.42. The van der Waals surface area contributed by atoms with Crippen LogP contribution in [0.25, 0.3) is 0 Å². The van der Waals surface area contributed by atoms with Crippen molar-refractivity contribution in [3.63, 3.8) is 0 Å². The van der Waals surface area contributed by atoms with Gasteiger partial charge in [-0.2, -0.15) is 0 Å². The second kappa shape index (κ2) is 4.96. The topological polar surface area (TPSA) is 46.2 Å². The molecule has 1 aromatic rings. The van der Waals surface area contributed by atoms with Gasteiger partial charge in [-0.1, -0.05) is 18.5 Å². The van der Waals surface area contributed by atoms with Gasteiger partial charge in [-0.25, -0.2) is 0 Å². The van der Waals surface area contributed by atoms with Gasteiger partial charge in [-0.15, -0.1) is 11.3 Å². The zero-order chi connectivity index (χ0) is 9.84. The van der Waals surface area contributed by atoms with Crippen LogP contribution in [0.2, 0.25) is 4.34 Å². The first-order chi connectivity index (χ1) is 6.19. The molecule has 4 heteroatoms. The molecule has 2 nitrogen and oxygen atoms in total. The van der Waals surface area contributed by atoms with Gasteiger partial charge in [0.2, 0.25) is 0 Å². The molecule has 3 N–H and O–H groups in total. The van der Waals surface area contributed by atoms with E-state index in [-0.39, 0.29) is 5.92 Å². The Morgan fingerprint density at radius 2 is 2.31 bits per heavy atom. The van der Waals surface area contributed by atoms with Crippen molar-refractivity contribution in [3.05, 3.63) is 21.3 Å². The first-order valence-corrected chi connectivity index (χ1v) is 5.51. The van der Waals surface area contributed by atoms with Gasteiger partial charge in [-0.3, -0.25) is 0 Å². The van der Waals surface area contributed by atoms with E-state index in [9.17, 15) is 5.11 Å². The van der Waals surface area contributed by atoms with Crippen molar-refractivity contribution in [2.75, 3.05) is 6.54 Å². The molecular weight excluding hydrogens is 206 g/mol. The molecule has 0 aliphatic heterocycles. The highest BCUT2D eigenvalue weighted by Gasteiger charge is 2.19. The lowest BCUT2D eigenvalue weighted by Gasteiger charge is -2.18. The Morgan fingerprint density at radius 1 is 1.62 bits per heavy atom. The van der Waals surface area contributed by atoms with Crippen molar-refractivity contribution >= 4 is 22.9 Å². The number of nitrogens with two attached hydrogens (primary N) is 1. The van der Waals surface area contributed by atoms with Crippen LogP contribution in [0.1, 0.15) is 24.3 Å². The summed E-state index contributed by atoms with van der Waals surface area (Å²) >= 11 is 7.19. The van der Waals surface area contributed by atoms with Crippen LogP contribution in [0.3, 0.4) is 0 Å². The number of aliphatic hydroxyl groups is 1. The highest BCUT2D eigenvalue weighted by molar-refractivity contribution is 7.16. The SMILES string of the molecule is CCC(CN)C(O)c1ccc(Cl)s1. The van der Waals surface area contributed by atoms with Gasteiger partial charge in [0.15, 0.2) is 0 Å². The van der Waals surface area contributed by atoms with Gasteiger partial charge in [0, 0.05) is 10.8 Å². The average Bonchev–Trinajstić information content (AvgIpc) is 2.54. The van der Waals surface area contributed by atoms with Gasteiger partial charge in [-0.05, 0) is 25.1 Å². The van der Waals surface area contributed by atoms with Crippen LogP contribution in [0.15, 0.2) is 12.1 Å². The Morgan fingerprint density at radius 3 is 2.69 bits per heavy atom. The van der Waals surface area contributed by atoms with Crippen molar-refractivity contribution in [1.29, 1.82) is 0 Å². The van der Waals surface area contributed by atoms with Crippen molar-refractivity contribution in [3.8, 4) is 0 Å². The molecule has 2 unspecified atom stereocenters. The Kier molecular flexibility index (Phi) is 4.19. The molecule has 1 heterocycles. The van der Waals surface area contributed by atoms with E-state index in [0.717, 1.165) is 11.3 Å². The third-order valence-electron chi connectivity index (χ3n) is 2.16. The lowest BCUT2D eigenvalue weighted by Crippen LogP contribution is -2.20. The minimum absolute atomic E-state index is 0.134. The average molecular weight is 220 g/mol. The van der Waals surface area contributed by atoms with Gasteiger partial charge in [0.1, 0.15) is 0 Å². The van der Waals surface area contributed by atoms with E-state index >= 15 is 0 Å². The monoisotopic (exact) mass is 219 g/mol. The van der Waals surface area contributed by atoms with E-state index < -0.39 is 6.10 Å². The first kappa shape index (κ1) is 11.0. The minimum atomic E-state index is -0.465. The van der Waals surface area contributed by atoms with Crippen LogP contribution in [-0.4, -0.2) is 11.7 Å². The summed E-state index contributed by atoms with van der Waals surface area (Å²) in [6, 6.07) is 3.66. The molecule has 2 atom stereocenters. The van der Waals surface area contributed by atoms with Crippen molar-refractivity contribution in [2.45, 2.75) is 19.4 Å². The van der Waals surface area contributed by atoms with Crippen LogP contribution in [0.4, 0.5) is 0 Å². The molecule has 0 aromatic carbocycles. The molecule has 1 rings (SSSR count). The maximum Gasteiger partial charge on any atom is 0.0932 e. The number of aliphatic hydroxyl groups excluding tert-OH is 1. The van der Waals surface area contributed by atoms with Gasteiger partial charge < -0.3 is 10.8 Å². The van der Waals surface area contributed by atoms with E-state index in [1.165, 1.54) is 11.3 Å². The normalized spacial score (nSPS) is 15.7. The van der Waals surface area contributed by atoms with E-state index in [0.29, 0.717) is 10.9 Å². The van der Waals surface area contributed by atoms with E-state index in [1.807, 2.05) is 13.0 Å². The molecule has 74 valence electrons. The summed E-state index contributed by atoms with van der Waals surface area (Å²) in [5, 5.41) is 9.87. The minimum Gasteiger partial charge on any atom is -0.387 e. The van der Waals surface area contributed by atoms with Gasteiger partial charge in [0.25, 0.3) is 0 Å². The van der Waals surface area contributed by atoms with Crippen LogP contribution in [-0.2, 0) is 0 Å². The maximum absolute atomic E-state index is 9.87. The highest BCUT2D eigenvalue weighted by Crippen LogP contribution is 2.31. The molecule has 0 amide bonds. The predicted molar refractivity (Wildman–Crippen MR) is 57.1 cm³/mol. The number of thiophene rings is 1. The molecular formula is C9H14ClNOS. The van der Waals surface area contributed by atoms with E-state index in [4.69, 9.17) is 17.3 Å². The largest absolute Gasteiger partial charge is 0.387 e. The number of hydrogen-bond donors (Lipinski definition) is 2. The fraction of sp³-hybridized carbons (Fsp3) is 0.556. The summed E-state index contributed by atoms with van der Waals surface area (Å²) in [4.78, 5) is 0.905. The number of rotatable bonds is 4. The summed E-state index contributed by atoms with van der Waals surface area (Å²) in [6.45, 7) is 2.53. The fourth-order valence-corrected chi connectivity index (χ4v) is 2.38. The molecule has 0 radical (unpaired) electrons. The van der Waals surface area contributed by atoms with Crippen LogP contribution >= 0.6 is 22.9 Å². The van der Waals surface area contributed by atoms with Crippen molar-refractivity contribution < 1.29 is 5.11 Å². The fourth-order valence-electron chi connectivity index (χ4n) is 1.24. The summed E-state index contributed by atoms with van der Waals surface area (Å²) in [6.07, 6.45) is 0.417. The lowest BCUT2D eigenvalue weighted by molar-refractivity contribution is 0.113. The second-order valence-electron chi connectivity index (χ2n) is 2.99. The molecule has 0 spiro atoms. The summed E-state index contributed by atoms with van der Waals surface area (Å²) in [5.41, 5.74) is 5.54. The number of halogens is 1. The third kappa shape index (κ3) is 2.68. The third-order valence-corrected chi connectivity index (χ3v) is 3.46. The molecule has 1 aromatic heterocycles. The van der Waals surface area contributed by atoms with Crippen molar-refractivity contribution in [2.24, 2.45) is 11.7 Å². The lowest BCUT2D eigenvalue weighted by atomic mass is 9.99. The molecule has 0 saturated carbocycles. The Balaban J connectivity index is 2.71. The molecule has 0 bridgehead atoms. The molecule has 0 saturated heterocycles. The van der Waals surface area contributed by atoms with Crippen molar-refractivity contribution in [1.82, 2.24) is 0 Å². The molecule has 0 fully saturated rings. The zero-order valence-electron chi connectivity index (χ0n) is 7.53. The Hall–Kier alpha value is -0.0900. The van der Waals surface area contributed by atoms with Crippen LogP contribution in [0, 0.1) is 5.92 Å². The molecule has 13 heavy (non-hydrogen) atoms.